The third kappa shape index (κ3) is 4.39. The lowest BCUT2D eigenvalue weighted by Crippen LogP contribution is -2.40. The van der Waals surface area contributed by atoms with Gasteiger partial charge in [0.05, 0.1) is 12.8 Å². The quantitative estimate of drug-likeness (QED) is 0.846. The van der Waals surface area contributed by atoms with Gasteiger partial charge in [0, 0.05) is 26.1 Å². The van der Waals surface area contributed by atoms with Gasteiger partial charge in [-0.3, -0.25) is 4.90 Å². The Balaban J connectivity index is 1.63. The van der Waals surface area contributed by atoms with Gasteiger partial charge in [-0.2, -0.15) is 0 Å². The van der Waals surface area contributed by atoms with E-state index in [-0.39, 0.29) is 11.9 Å². The number of rotatable bonds is 5. The molecule has 2 heterocycles. The van der Waals surface area contributed by atoms with Crippen molar-refractivity contribution in [3.63, 3.8) is 0 Å². The van der Waals surface area contributed by atoms with E-state index >= 15 is 0 Å². The second kappa shape index (κ2) is 7.23. The number of benzene rings is 1. The summed E-state index contributed by atoms with van der Waals surface area (Å²) < 4.78 is 24.6. The highest BCUT2D eigenvalue weighted by molar-refractivity contribution is 5.20. The molecule has 0 saturated carbocycles. The second-order valence-electron chi connectivity index (χ2n) is 6.48. The van der Waals surface area contributed by atoms with Crippen molar-refractivity contribution in [1.82, 2.24) is 9.88 Å². The molecule has 0 radical (unpaired) electrons. The molecule has 1 aliphatic heterocycles. The van der Waals surface area contributed by atoms with Crippen LogP contribution in [0, 0.1) is 11.7 Å². The fraction of sp³-hybridized carbons (Fsp3) is 0.500. The van der Waals surface area contributed by atoms with Crippen molar-refractivity contribution in [1.29, 1.82) is 0 Å². The van der Waals surface area contributed by atoms with Crippen molar-refractivity contribution in [2.75, 3.05) is 26.2 Å². The molecule has 23 heavy (non-hydrogen) atoms. The van der Waals surface area contributed by atoms with Gasteiger partial charge in [0.1, 0.15) is 17.7 Å². The van der Waals surface area contributed by atoms with Gasteiger partial charge in [-0.25, -0.2) is 9.37 Å². The average molecular weight is 318 g/mol. The Hall–Kier alpha value is -1.72. The van der Waals surface area contributed by atoms with Gasteiger partial charge in [0.2, 0.25) is 5.89 Å². The highest BCUT2D eigenvalue weighted by atomic mass is 19.1. The van der Waals surface area contributed by atoms with Crippen molar-refractivity contribution < 1.29 is 13.5 Å². The molecular formula is C18H23FN2O2. The van der Waals surface area contributed by atoms with E-state index in [0.717, 1.165) is 31.0 Å². The SMILES string of the molecule is CC(C)CN1CCO[C@@H](c2ncc(Cc3ccc(F)cc3)o2)C1. The van der Waals surface area contributed by atoms with Crippen LogP contribution in [0.3, 0.4) is 0 Å². The van der Waals surface area contributed by atoms with E-state index in [1.54, 1.807) is 18.3 Å². The van der Waals surface area contributed by atoms with Gasteiger partial charge < -0.3 is 9.15 Å². The molecule has 1 aromatic heterocycles. The molecule has 1 aliphatic rings. The van der Waals surface area contributed by atoms with Crippen LogP contribution >= 0.6 is 0 Å². The number of halogens is 1. The fourth-order valence-electron chi connectivity index (χ4n) is 2.89. The maximum Gasteiger partial charge on any atom is 0.224 e. The van der Waals surface area contributed by atoms with E-state index in [0.29, 0.717) is 24.8 Å². The number of hydrogen-bond acceptors (Lipinski definition) is 4. The summed E-state index contributed by atoms with van der Waals surface area (Å²) >= 11 is 0. The number of morpholine rings is 1. The Morgan fingerprint density at radius 3 is 2.83 bits per heavy atom. The molecule has 0 amide bonds. The summed E-state index contributed by atoms with van der Waals surface area (Å²) in [6.45, 7) is 7.97. The molecular weight excluding hydrogens is 295 g/mol. The van der Waals surface area contributed by atoms with Crippen molar-refractivity contribution in [3.8, 4) is 0 Å². The molecule has 5 heteroatoms. The van der Waals surface area contributed by atoms with Crippen molar-refractivity contribution in [2.24, 2.45) is 5.92 Å². The zero-order valence-corrected chi connectivity index (χ0v) is 13.7. The van der Waals surface area contributed by atoms with E-state index in [9.17, 15) is 4.39 Å². The molecule has 0 spiro atoms. The summed E-state index contributed by atoms with van der Waals surface area (Å²) in [4.78, 5) is 6.77. The molecule has 1 aromatic carbocycles. The summed E-state index contributed by atoms with van der Waals surface area (Å²) in [5, 5.41) is 0. The average Bonchev–Trinajstić information content (AvgIpc) is 2.98. The first-order chi connectivity index (χ1) is 11.1. The zero-order valence-electron chi connectivity index (χ0n) is 13.7. The summed E-state index contributed by atoms with van der Waals surface area (Å²) in [5.74, 6) is 1.81. The minimum Gasteiger partial charge on any atom is -0.442 e. The van der Waals surface area contributed by atoms with Crippen LogP contribution < -0.4 is 0 Å². The highest BCUT2D eigenvalue weighted by Gasteiger charge is 2.26. The molecule has 0 aliphatic carbocycles. The van der Waals surface area contributed by atoms with Gasteiger partial charge in [-0.05, 0) is 23.6 Å². The first-order valence-electron chi connectivity index (χ1n) is 8.13. The zero-order chi connectivity index (χ0) is 16.2. The first kappa shape index (κ1) is 16.1. The standard InChI is InChI=1S/C18H23FN2O2/c1-13(2)11-21-7-8-22-17(12-21)18-20-10-16(23-18)9-14-3-5-15(19)6-4-14/h3-6,10,13,17H,7-9,11-12H2,1-2H3/t17-/m1/s1. The summed E-state index contributed by atoms with van der Waals surface area (Å²) in [5.41, 5.74) is 1.00. The van der Waals surface area contributed by atoms with Crippen molar-refractivity contribution in [3.05, 3.63) is 53.5 Å². The van der Waals surface area contributed by atoms with Gasteiger partial charge in [0.15, 0.2) is 0 Å². The minimum atomic E-state index is -0.229. The lowest BCUT2D eigenvalue weighted by atomic mass is 10.1. The van der Waals surface area contributed by atoms with Crippen LogP contribution in [0.25, 0.3) is 0 Å². The molecule has 124 valence electrons. The van der Waals surface area contributed by atoms with Gasteiger partial charge in [-0.15, -0.1) is 0 Å². The monoisotopic (exact) mass is 318 g/mol. The van der Waals surface area contributed by atoms with Crippen LogP contribution in [0.15, 0.2) is 34.9 Å². The third-order valence-electron chi connectivity index (χ3n) is 3.91. The number of aromatic nitrogens is 1. The molecule has 0 bridgehead atoms. The third-order valence-corrected chi connectivity index (χ3v) is 3.91. The van der Waals surface area contributed by atoms with Crippen LogP contribution in [0.5, 0.6) is 0 Å². The first-order valence-corrected chi connectivity index (χ1v) is 8.13. The van der Waals surface area contributed by atoms with E-state index in [1.807, 2.05) is 0 Å². The van der Waals surface area contributed by atoms with Gasteiger partial charge in [-0.1, -0.05) is 26.0 Å². The highest BCUT2D eigenvalue weighted by Crippen LogP contribution is 2.23. The smallest absolute Gasteiger partial charge is 0.224 e. The summed E-state index contributed by atoms with van der Waals surface area (Å²) in [6, 6.07) is 6.44. The van der Waals surface area contributed by atoms with Gasteiger partial charge >= 0.3 is 0 Å². The van der Waals surface area contributed by atoms with E-state index in [4.69, 9.17) is 9.15 Å². The normalized spacial score (nSPS) is 19.4. The molecule has 1 saturated heterocycles. The number of oxazole rings is 1. The number of ether oxygens (including phenoxy) is 1. The van der Waals surface area contributed by atoms with E-state index < -0.39 is 0 Å². The topological polar surface area (TPSA) is 38.5 Å². The largest absolute Gasteiger partial charge is 0.442 e. The maximum atomic E-state index is 12.9. The molecule has 4 nitrogen and oxygen atoms in total. The maximum absolute atomic E-state index is 12.9. The van der Waals surface area contributed by atoms with Crippen LogP contribution in [0.4, 0.5) is 4.39 Å². The lowest BCUT2D eigenvalue weighted by Gasteiger charge is -2.32. The van der Waals surface area contributed by atoms with Gasteiger partial charge in [0.25, 0.3) is 0 Å². The molecule has 1 atom stereocenters. The van der Waals surface area contributed by atoms with E-state index in [1.165, 1.54) is 12.1 Å². The van der Waals surface area contributed by atoms with Crippen LogP contribution in [0.2, 0.25) is 0 Å². The molecule has 2 aromatic rings. The van der Waals surface area contributed by atoms with Crippen LogP contribution in [-0.4, -0.2) is 36.1 Å². The van der Waals surface area contributed by atoms with E-state index in [2.05, 4.69) is 23.7 Å². The second-order valence-corrected chi connectivity index (χ2v) is 6.48. The summed E-state index contributed by atoms with van der Waals surface area (Å²) in [6.07, 6.45) is 2.24. The Labute approximate surface area is 136 Å². The number of nitrogens with zero attached hydrogens (tertiary/aromatic N) is 2. The molecule has 0 unspecified atom stereocenters. The Kier molecular flexibility index (Phi) is 5.08. The Morgan fingerprint density at radius 2 is 2.09 bits per heavy atom. The predicted octanol–water partition coefficient (Wildman–Crippen LogP) is 3.43. The van der Waals surface area contributed by atoms with Crippen molar-refractivity contribution >= 4 is 0 Å². The Bertz CT molecular complexity index is 624. The Morgan fingerprint density at radius 1 is 1.30 bits per heavy atom. The molecule has 3 rings (SSSR count). The van der Waals surface area contributed by atoms with Crippen LogP contribution in [0.1, 0.15) is 37.2 Å². The molecule has 0 N–H and O–H groups in total. The molecule has 1 fully saturated rings. The predicted molar refractivity (Wildman–Crippen MR) is 85.7 cm³/mol. The lowest BCUT2D eigenvalue weighted by molar-refractivity contribution is -0.0458. The minimum absolute atomic E-state index is 0.107. The number of hydrogen-bond donors (Lipinski definition) is 0. The fourth-order valence-corrected chi connectivity index (χ4v) is 2.89. The van der Waals surface area contributed by atoms with Crippen LogP contribution in [-0.2, 0) is 11.2 Å². The van der Waals surface area contributed by atoms with Crippen molar-refractivity contribution in [2.45, 2.75) is 26.4 Å². The summed E-state index contributed by atoms with van der Waals surface area (Å²) in [7, 11) is 0.